The standard InChI is InChI=1S/C20H19F2N5O2/c1-11-15-5-4-12(7-17(15)26-25-11)20(29)27-6-2-3-14(10-27)24-19(28)18-16(22)8-13(21)9-23-18/h4-5,7-9,14H,2-3,6,10H2,1H3,(H,24,28)(H,25,26). The number of H-pyrrole nitrogens is 1. The van der Waals surface area contributed by atoms with Crippen molar-refractivity contribution in [3.05, 3.63) is 59.0 Å². The van der Waals surface area contributed by atoms with Gasteiger partial charge in [-0.2, -0.15) is 5.10 Å². The van der Waals surface area contributed by atoms with Gasteiger partial charge in [-0.15, -0.1) is 0 Å². The van der Waals surface area contributed by atoms with Gasteiger partial charge in [-0.3, -0.25) is 14.7 Å². The number of amides is 2. The minimum Gasteiger partial charge on any atom is -0.346 e. The molecule has 150 valence electrons. The van der Waals surface area contributed by atoms with Crippen LogP contribution in [0.2, 0.25) is 0 Å². The average Bonchev–Trinajstić information content (AvgIpc) is 3.07. The summed E-state index contributed by atoms with van der Waals surface area (Å²) in [5.41, 5.74) is 1.70. The van der Waals surface area contributed by atoms with Crippen molar-refractivity contribution in [2.75, 3.05) is 13.1 Å². The van der Waals surface area contributed by atoms with Crippen molar-refractivity contribution in [3.63, 3.8) is 0 Å². The SMILES string of the molecule is Cc1[nH]nc2cc(C(=O)N3CCCC(NC(=O)c4ncc(F)cc4F)C3)ccc12. The molecule has 2 amide bonds. The Morgan fingerprint density at radius 1 is 1.28 bits per heavy atom. The molecule has 0 bridgehead atoms. The number of carbonyl (C=O) groups excluding carboxylic acids is 2. The van der Waals surface area contributed by atoms with E-state index in [4.69, 9.17) is 0 Å². The Morgan fingerprint density at radius 2 is 2.10 bits per heavy atom. The molecule has 1 aromatic carbocycles. The molecule has 9 heteroatoms. The van der Waals surface area contributed by atoms with Crippen LogP contribution >= 0.6 is 0 Å². The van der Waals surface area contributed by atoms with Gasteiger partial charge in [0.05, 0.1) is 11.7 Å². The Bertz CT molecular complexity index is 1100. The molecular weight excluding hydrogens is 380 g/mol. The van der Waals surface area contributed by atoms with E-state index in [2.05, 4.69) is 20.5 Å². The molecule has 0 radical (unpaired) electrons. The lowest BCUT2D eigenvalue weighted by Gasteiger charge is -2.33. The fraction of sp³-hybridized carbons (Fsp3) is 0.300. The maximum Gasteiger partial charge on any atom is 0.273 e. The highest BCUT2D eigenvalue weighted by atomic mass is 19.1. The molecule has 3 aromatic rings. The first-order valence-corrected chi connectivity index (χ1v) is 9.28. The van der Waals surface area contributed by atoms with E-state index >= 15 is 0 Å². The molecule has 7 nitrogen and oxygen atoms in total. The largest absolute Gasteiger partial charge is 0.346 e. The molecule has 29 heavy (non-hydrogen) atoms. The summed E-state index contributed by atoms with van der Waals surface area (Å²) < 4.78 is 26.8. The van der Waals surface area contributed by atoms with E-state index in [-0.39, 0.29) is 11.9 Å². The van der Waals surface area contributed by atoms with Crippen molar-refractivity contribution in [1.29, 1.82) is 0 Å². The maximum atomic E-state index is 13.8. The van der Waals surface area contributed by atoms with Crippen LogP contribution in [0.5, 0.6) is 0 Å². The number of aromatic amines is 1. The minimum atomic E-state index is -1.02. The summed E-state index contributed by atoms with van der Waals surface area (Å²) >= 11 is 0. The molecule has 1 unspecified atom stereocenters. The van der Waals surface area contributed by atoms with Gasteiger partial charge >= 0.3 is 0 Å². The molecule has 2 N–H and O–H groups in total. The Kier molecular flexibility index (Phi) is 4.96. The van der Waals surface area contributed by atoms with Crippen LogP contribution in [0.25, 0.3) is 10.9 Å². The van der Waals surface area contributed by atoms with Gasteiger partial charge in [0.1, 0.15) is 5.82 Å². The first kappa shape index (κ1) is 19.0. The molecule has 2 aromatic heterocycles. The van der Waals surface area contributed by atoms with Crippen LogP contribution < -0.4 is 5.32 Å². The van der Waals surface area contributed by atoms with Gasteiger partial charge in [0, 0.05) is 41.8 Å². The Hall–Kier alpha value is -3.36. The van der Waals surface area contributed by atoms with E-state index in [9.17, 15) is 18.4 Å². The number of hydrogen-bond donors (Lipinski definition) is 2. The molecule has 0 saturated carbocycles. The van der Waals surface area contributed by atoms with Crippen molar-refractivity contribution in [2.24, 2.45) is 0 Å². The average molecular weight is 399 g/mol. The quantitative estimate of drug-likeness (QED) is 0.708. The zero-order valence-corrected chi connectivity index (χ0v) is 15.7. The molecular formula is C20H19F2N5O2. The van der Waals surface area contributed by atoms with Crippen LogP contribution in [0.15, 0.2) is 30.5 Å². The van der Waals surface area contributed by atoms with Crippen LogP contribution in [0.3, 0.4) is 0 Å². The predicted octanol–water partition coefficient (Wildman–Crippen LogP) is 2.58. The van der Waals surface area contributed by atoms with E-state index in [0.29, 0.717) is 43.1 Å². The first-order chi connectivity index (χ1) is 13.9. The third-order valence-electron chi connectivity index (χ3n) is 5.06. The molecule has 1 atom stereocenters. The van der Waals surface area contributed by atoms with E-state index in [0.717, 1.165) is 17.3 Å². The number of hydrogen-bond acceptors (Lipinski definition) is 4. The zero-order chi connectivity index (χ0) is 20.5. The number of nitrogens with one attached hydrogen (secondary N) is 2. The summed E-state index contributed by atoms with van der Waals surface area (Å²) in [6, 6.07) is 5.62. The van der Waals surface area contributed by atoms with E-state index in [1.165, 1.54) is 0 Å². The molecule has 0 aliphatic carbocycles. The highest BCUT2D eigenvalue weighted by molar-refractivity contribution is 5.98. The first-order valence-electron chi connectivity index (χ1n) is 9.28. The Labute approximate surface area is 165 Å². The zero-order valence-electron chi connectivity index (χ0n) is 15.7. The van der Waals surface area contributed by atoms with E-state index < -0.39 is 23.2 Å². The number of nitrogens with zero attached hydrogens (tertiary/aromatic N) is 3. The number of rotatable bonds is 3. The normalized spacial score (nSPS) is 16.8. The van der Waals surface area contributed by atoms with E-state index in [1.807, 2.05) is 13.0 Å². The fourth-order valence-corrected chi connectivity index (χ4v) is 3.58. The summed E-state index contributed by atoms with van der Waals surface area (Å²) in [6.07, 6.45) is 2.14. The summed E-state index contributed by atoms with van der Waals surface area (Å²) in [7, 11) is 0. The van der Waals surface area contributed by atoms with Crippen molar-refractivity contribution >= 4 is 22.7 Å². The van der Waals surface area contributed by atoms with Gasteiger partial charge in [0.25, 0.3) is 11.8 Å². The Morgan fingerprint density at radius 3 is 2.90 bits per heavy atom. The summed E-state index contributed by atoms with van der Waals surface area (Å²) in [5.74, 6) is -2.75. The van der Waals surface area contributed by atoms with Gasteiger partial charge in [-0.05, 0) is 31.9 Å². The number of pyridine rings is 1. The van der Waals surface area contributed by atoms with Crippen molar-refractivity contribution in [3.8, 4) is 0 Å². The van der Waals surface area contributed by atoms with Crippen LogP contribution in [0.1, 0.15) is 39.4 Å². The van der Waals surface area contributed by atoms with Crippen molar-refractivity contribution in [2.45, 2.75) is 25.8 Å². The molecule has 1 aliphatic heterocycles. The third kappa shape index (κ3) is 3.80. The molecule has 3 heterocycles. The lowest BCUT2D eigenvalue weighted by Crippen LogP contribution is -2.49. The molecule has 1 aliphatic rings. The topological polar surface area (TPSA) is 91.0 Å². The lowest BCUT2D eigenvalue weighted by atomic mass is 10.0. The van der Waals surface area contributed by atoms with Gasteiger partial charge < -0.3 is 10.2 Å². The van der Waals surface area contributed by atoms with Crippen LogP contribution in [0.4, 0.5) is 8.78 Å². The number of aryl methyl sites for hydroxylation is 1. The lowest BCUT2D eigenvalue weighted by molar-refractivity contribution is 0.0674. The summed E-state index contributed by atoms with van der Waals surface area (Å²) in [6.45, 7) is 2.77. The van der Waals surface area contributed by atoms with E-state index in [1.54, 1.807) is 17.0 Å². The molecule has 0 spiro atoms. The Balaban J connectivity index is 1.45. The van der Waals surface area contributed by atoms with Crippen LogP contribution in [-0.4, -0.2) is 51.0 Å². The number of fused-ring (bicyclic) bond motifs is 1. The minimum absolute atomic E-state index is 0.155. The monoisotopic (exact) mass is 399 g/mol. The van der Waals surface area contributed by atoms with Crippen molar-refractivity contribution < 1.29 is 18.4 Å². The number of piperidine rings is 1. The summed E-state index contributed by atoms with van der Waals surface area (Å²) in [5, 5.41) is 10.7. The number of benzene rings is 1. The fourth-order valence-electron chi connectivity index (χ4n) is 3.58. The molecule has 1 saturated heterocycles. The predicted molar refractivity (Wildman–Crippen MR) is 101 cm³/mol. The third-order valence-corrected chi connectivity index (χ3v) is 5.06. The van der Waals surface area contributed by atoms with Gasteiger partial charge in [0.15, 0.2) is 11.5 Å². The van der Waals surface area contributed by atoms with Crippen LogP contribution in [-0.2, 0) is 0 Å². The maximum absolute atomic E-state index is 13.8. The molecule has 4 rings (SSSR count). The van der Waals surface area contributed by atoms with Gasteiger partial charge in [0.2, 0.25) is 0 Å². The smallest absolute Gasteiger partial charge is 0.273 e. The number of halogens is 2. The number of aromatic nitrogens is 3. The highest BCUT2D eigenvalue weighted by Crippen LogP contribution is 2.20. The van der Waals surface area contributed by atoms with Gasteiger partial charge in [-0.25, -0.2) is 13.8 Å². The number of likely N-dealkylation sites (tertiary alicyclic amines) is 1. The van der Waals surface area contributed by atoms with Crippen molar-refractivity contribution in [1.82, 2.24) is 25.4 Å². The summed E-state index contributed by atoms with van der Waals surface area (Å²) in [4.78, 5) is 30.4. The second-order valence-electron chi connectivity index (χ2n) is 7.13. The number of carbonyl (C=O) groups is 2. The second kappa shape index (κ2) is 7.57. The highest BCUT2D eigenvalue weighted by Gasteiger charge is 2.27. The van der Waals surface area contributed by atoms with Gasteiger partial charge in [-0.1, -0.05) is 6.07 Å². The molecule has 1 fully saturated rings. The second-order valence-corrected chi connectivity index (χ2v) is 7.13. The van der Waals surface area contributed by atoms with Crippen LogP contribution in [0, 0.1) is 18.6 Å².